The molecular formula is C45H46N10O3. The number of aromatic nitrogens is 8. The number of aromatic amines is 1. The number of pyridine rings is 2. The van der Waals surface area contributed by atoms with Crippen LogP contribution in [-0.2, 0) is 6.54 Å². The third-order valence-electron chi connectivity index (χ3n) is 10.1. The molecular weight excluding hydrogens is 729 g/mol. The molecule has 0 fully saturated rings. The van der Waals surface area contributed by atoms with Gasteiger partial charge in [-0.25, -0.2) is 19.9 Å². The predicted molar refractivity (Wildman–Crippen MR) is 235 cm³/mol. The lowest BCUT2D eigenvalue weighted by molar-refractivity contribution is 0.414. The lowest BCUT2D eigenvalue weighted by Crippen LogP contribution is -2.21. The van der Waals surface area contributed by atoms with Crippen LogP contribution in [0.2, 0.25) is 0 Å². The molecule has 0 aliphatic carbocycles. The zero-order valence-corrected chi connectivity index (χ0v) is 32.8. The van der Waals surface area contributed by atoms with E-state index >= 15 is 0 Å². The molecule has 13 nitrogen and oxygen atoms in total. The number of ether oxygens (including phenoxy) is 1. The molecule has 9 aromatic rings. The van der Waals surface area contributed by atoms with E-state index in [9.17, 15) is 9.59 Å². The highest BCUT2D eigenvalue weighted by Gasteiger charge is 2.22. The van der Waals surface area contributed by atoms with Crippen LogP contribution in [0.15, 0.2) is 120 Å². The van der Waals surface area contributed by atoms with E-state index in [2.05, 4.69) is 19.9 Å². The number of hydrogen-bond acceptors (Lipinski definition) is 9. The summed E-state index contributed by atoms with van der Waals surface area (Å²) in [5.41, 5.74) is 10.3. The fraction of sp³-hybridized carbons (Fsp3) is 0.200. The summed E-state index contributed by atoms with van der Waals surface area (Å²) in [6.07, 6.45) is 6.69. The van der Waals surface area contributed by atoms with Gasteiger partial charge in [-0.05, 0) is 67.9 Å². The average molecular weight is 775 g/mol. The maximum atomic E-state index is 13.8. The van der Waals surface area contributed by atoms with Crippen molar-refractivity contribution in [2.24, 2.45) is 0 Å². The fourth-order valence-electron chi connectivity index (χ4n) is 7.10. The van der Waals surface area contributed by atoms with E-state index in [1.807, 2.05) is 141 Å². The third kappa shape index (κ3) is 6.91. The average Bonchev–Trinajstić information content (AvgIpc) is 3.76. The SMILES string of the molecule is C.COc1ccc(Cn2c3nccc(N(C)C)c3c3ncn(-c4ccc(C)cc4)c(=O)c32)cc1.Cc1ccc(-n2cnc3c([nH]c4nccc(N(C)C)c43)c2=O)cc1. The van der Waals surface area contributed by atoms with Crippen molar-refractivity contribution in [2.75, 3.05) is 45.1 Å². The standard InChI is InChI=1S/C26H25N5O2.C18H17N5O.CH4/c1-17-5-9-19(10-6-17)31-16-28-23-22-21(29(2)3)13-14-27-25(22)30(24(23)26(31)32)15-18-7-11-20(33-4)12-8-18;1-11-4-6-12(7-5-11)23-10-20-15-14-13(22(2)3)8-9-19-17(14)21-16(15)18(23)24;/h5-14,16H,15H2,1-4H3;4-10H,1-3H3,(H,19,21);1H4. The molecule has 13 heteroatoms. The molecule has 6 aromatic heterocycles. The summed E-state index contributed by atoms with van der Waals surface area (Å²) in [4.78, 5) is 52.2. The number of benzene rings is 3. The van der Waals surface area contributed by atoms with E-state index in [1.165, 1.54) is 0 Å². The van der Waals surface area contributed by atoms with Crippen molar-refractivity contribution in [3.8, 4) is 17.1 Å². The van der Waals surface area contributed by atoms with Gasteiger partial charge in [-0.3, -0.25) is 18.7 Å². The molecule has 0 spiro atoms. The van der Waals surface area contributed by atoms with Crippen LogP contribution in [0.25, 0.3) is 55.5 Å². The number of aryl methyl sites for hydroxylation is 2. The molecule has 0 aliphatic rings. The first-order valence-electron chi connectivity index (χ1n) is 18.4. The molecule has 58 heavy (non-hydrogen) atoms. The second-order valence-corrected chi connectivity index (χ2v) is 14.4. The minimum absolute atomic E-state index is 0. The van der Waals surface area contributed by atoms with Gasteiger partial charge in [0.05, 0.1) is 40.6 Å². The van der Waals surface area contributed by atoms with Gasteiger partial charge in [-0.15, -0.1) is 0 Å². The van der Waals surface area contributed by atoms with Crippen LogP contribution in [0.4, 0.5) is 11.4 Å². The zero-order valence-electron chi connectivity index (χ0n) is 32.8. The van der Waals surface area contributed by atoms with E-state index in [4.69, 9.17) is 9.72 Å². The van der Waals surface area contributed by atoms with Crippen molar-refractivity contribution >= 4 is 55.5 Å². The van der Waals surface area contributed by atoms with E-state index in [0.29, 0.717) is 34.3 Å². The molecule has 0 aliphatic heterocycles. The Hall–Kier alpha value is -7.28. The number of anilines is 2. The second kappa shape index (κ2) is 15.7. The maximum absolute atomic E-state index is 13.8. The Morgan fingerprint density at radius 2 is 1.17 bits per heavy atom. The lowest BCUT2D eigenvalue weighted by Gasteiger charge is -2.13. The van der Waals surface area contributed by atoms with Gasteiger partial charge in [0, 0.05) is 47.1 Å². The smallest absolute Gasteiger partial charge is 0.282 e. The summed E-state index contributed by atoms with van der Waals surface area (Å²) in [6.45, 7) is 4.53. The van der Waals surface area contributed by atoms with Crippen LogP contribution in [-0.4, -0.2) is 73.9 Å². The van der Waals surface area contributed by atoms with Gasteiger partial charge in [0.1, 0.15) is 51.8 Å². The normalized spacial score (nSPS) is 11.1. The van der Waals surface area contributed by atoms with E-state index in [1.54, 1.807) is 41.3 Å². The van der Waals surface area contributed by atoms with Crippen LogP contribution >= 0.6 is 0 Å². The van der Waals surface area contributed by atoms with Crippen LogP contribution in [0.1, 0.15) is 24.1 Å². The van der Waals surface area contributed by atoms with E-state index in [-0.39, 0.29) is 18.5 Å². The Kier molecular flexibility index (Phi) is 10.5. The predicted octanol–water partition coefficient (Wildman–Crippen LogP) is 7.44. The second-order valence-electron chi connectivity index (χ2n) is 14.4. The highest BCUT2D eigenvalue weighted by atomic mass is 16.5. The Labute approximate surface area is 335 Å². The number of rotatable bonds is 7. The van der Waals surface area contributed by atoms with E-state index in [0.717, 1.165) is 61.6 Å². The van der Waals surface area contributed by atoms with Gasteiger partial charge in [0.2, 0.25) is 0 Å². The van der Waals surface area contributed by atoms with Crippen LogP contribution < -0.4 is 25.7 Å². The summed E-state index contributed by atoms with van der Waals surface area (Å²) in [6, 6.07) is 27.3. The molecule has 0 amide bonds. The van der Waals surface area contributed by atoms with Crippen LogP contribution in [0.3, 0.4) is 0 Å². The minimum atomic E-state index is -0.133. The van der Waals surface area contributed by atoms with Gasteiger partial charge in [-0.1, -0.05) is 55.0 Å². The molecule has 3 aromatic carbocycles. The van der Waals surface area contributed by atoms with Gasteiger partial charge < -0.3 is 24.1 Å². The van der Waals surface area contributed by atoms with Crippen molar-refractivity contribution in [3.63, 3.8) is 0 Å². The Balaban J connectivity index is 0.000000182. The van der Waals surface area contributed by atoms with Crippen molar-refractivity contribution in [1.82, 2.24) is 38.6 Å². The van der Waals surface area contributed by atoms with E-state index < -0.39 is 0 Å². The highest BCUT2D eigenvalue weighted by molar-refractivity contribution is 6.11. The summed E-state index contributed by atoms with van der Waals surface area (Å²) in [5, 5.41) is 1.74. The quantitative estimate of drug-likeness (QED) is 0.176. The molecule has 0 bridgehead atoms. The first kappa shape index (κ1) is 39.0. The van der Waals surface area contributed by atoms with Crippen molar-refractivity contribution in [3.05, 3.63) is 147 Å². The lowest BCUT2D eigenvalue weighted by atomic mass is 10.2. The molecule has 0 radical (unpaired) electrons. The molecule has 0 unspecified atom stereocenters. The number of hydrogen-bond donors (Lipinski definition) is 1. The first-order chi connectivity index (χ1) is 27.5. The molecule has 6 heterocycles. The number of nitrogens with one attached hydrogen (secondary N) is 1. The molecule has 9 rings (SSSR count). The minimum Gasteiger partial charge on any atom is -0.497 e. The first-order valence-corrected chi connectivity index (χ1v) is 18.4. The van der Waals surface area contributed by atoms with Gasteiger partial charge in [0.25, 0.3) is 11.1 Å². The van der Waals surface area contributed by atoms with Crippen LogP contribution in [0, 0.1) is 13.8 Å². The number of fused-ring (bicyclic) bond motifs is 6. The molecule has 294 valence electrons. The Bertz CT molecular complexity index is 3030. The zero-order chi connectivity index (χ0) is 40.0. The highest BCUT2D eigenvalue weighted by Crippen LogP contribution is 2.33. The summed E-state index contributed by atoms with van der Waals surface area (Å²) >= 11 is 0. The Morgan fingerprint density at radius 3 is 1.74 bits per heavy atom. The number of nitrogens with zero attached hydrogens (tertiary/aromatic N) is 9. The number of methoxy groups -OCH3 is 1. The van der Waals surface area contributed by atoms with Crippen molar-refractivity contribution in [2.45, 2.75) is 27.8 Å². The summed E-state index contributed by atoms with van der Waals surface area (Å²) in [5.74, 6) is 0.789. The largest absolute Gasteiger partial charge is 0.497 e. The molecule has 1 N–H and O–H groups in total. The fourth-order valence-corrected chi connectivity index (χ4v) is 7.10. The van der Waals surface area contributed by atoms with Crippen molar-refractivity contribution in [1.29, 1.82) is 0 Å². The molecule has 0 saturated carbocycles. The van der Waals surface area contributed by atoms with Crippen molar-refractivity contribution < 1.29 is 4.74 Å². The van der Waals surface area contributed by atoms with Gasteiger partial charge >= 0.3 is 0 Å². The topological polar surface area (TPSA) is 132 Å². The Morgan fingerprint density at radius 1 is 0.638 bits per heavy atom. The molecule has 0 atom stereocenters. The maximum Gasteiger partial charge on any atom is 0.282 e. The summed E-state index contributed by atoms with van der Waals surface area (Å²) in [7, 11) is 9.53. The summed E-state index contributed by atoms with van der Waals surface area (Å²) < 4.78 is 10.4. The van der Waals surface area contributed by atoms with Crippen LogP contribution in [0.5, 0.6) is 5.75 Å². The number of H-pyrrole nitrogens is 1. The third-order valence-corrected chi connectivity index (χ3v) is 10.1. The molecule has 0 saturated heterocycles. The monoisotopic (exact) mass is 774 g/mol. The van der Waals surface area contributed by atoms with Gasteiger partial charge in [0.15, 0.2) is 0 Å². The van der Waals surface area contributed by atoms with Gasteiger partial charge in [-0.2, -0.15) is 0 Å².